The highest BCUT2D eigenvalue weighted by Gasteiger charge is 2.64. The third-order valence-corrected chi connectivity index (χ3v) is 8.25. The van der Waals surface area contributed by atoms with Gasteiger partial charge in [-0.05, 0) is 72.1 Å². The second kappa shape index (κ2) is 4.81. The lowest BCUT2D eigenvalue weighted by molar-refractivity contribution is 0.232. The standard InChI is InChI=1S/C25H29N/c1-3-25-16-18-15-24(18,14-17-12-13-17)21-10-6-4-8-19(21)23(2,26-25)20-9-5-7-11-22(20)25/h4-11,17-18,26H,3,12-16H2,1-2H3/t18-,23-,24?,25+/m0/s1. The third kappa shape index (κ3) is 1.80. The summed E-state index contributed by atoms with van der Waals surface area (Å²) in [5.41, 5.74) is 6.83. The predicted molar refractivity (Wildman–Crippen MR) is 106 cm³/mol. The van der Waals surface area contributed by atoms with Gasteiger partial charge >= 0.3 is 0 Å². The number of hydrogen-bond donors (Lipinski definition) is 1. The molecular weight excluding hydrogens is 314 g/mol. The summed E-state index contributed by atoms with van der Waals surface area (Å²) < 4.78 is 0. The molecule has 2 bridgehead atoms. The van der Waals surface area contributed by atoms with Crippen molar-refractivity contribution in [3.63, 3.8) is 0 Å². The molecule has 2 saturated carbocycles. The molecule has 0 aromatic heterocycles. The minimum absolute atomic E-state index is 0.0622. The van der Waals surface area contributed by atoms with E-state index in [1.165, 1.54) is 44.1 Å². The SMILES string of the molecule is CC[C@]12C[C@@H]3CC3(CC3CC3)c3ccccc3[C@](C)(N1)c1ccccc12. The van der Waals surface area contributed by atoms with E-state index in [0.29, 0.717) is 5.41 Å². The van der Waals surface area contributed by atoms with Gasteiger partial charge in [0.2, 0.25) is 0 Å². The Balaban J connectivity index is 1.62. The Kier molecular flexibility index (Phi) is 2.86. The molecule has 0 spiro atoms. The van der Waals surface area contributed by atoms with E-state index in [1.807, 2.05) is 0 Å². The number of fused-ring (bicyclic) bond motifs is 9. The van der Waals surface area contributed by atoms with E-state index in [0.717, 1.165) is 11.8 Å². The highest BCUT2D eigenvalue weighted by molar-refractivity contribution is 5.57. The van der Waals surface area contributed by atoms with Gasteiger partial charge in [0, 0.05) is 5.54 Å². The predicted octanol–water partition coefficient (Wildman–Crippen LogP) is 5.62. The van der Waals surface area contributed by atoms with Crippen LogP contribution in [0.4, 0.5) is 0 Å². The number of rotatable bonds is 3. The van der Waals surface area contributed by atoms with Gasteiger partial charge in [0.15, 0.2) is 0 Å². The minimum atomic E-state index is -0.0622. The summed E-state index contributed by atoms with van der Waals surface area (Å²) in [5.74, 6) is 1.83. The van der Waals surface area contributed by atoms with Crippen LogP contribution in [0.5, 0.6) is 0 Å². The molecule has 4 atom stereocenters. The van der Waals surface area contributed by atoms with Gasteiger partial charge in [-0.25, -0.2) is 0 Å². The molecule has 1 nitrogen and oxygen atoms in total. The summed E-state index contributed by atoms with van der Waals surface area (Å²) in [5, 5.41) is 4.20. The van der Waals surface area contributed by atoms with Crippen molar-refractivity contribution < 1.29 is 0 Å². The molecule has 1 N–H and O–H groups in total. The van der Waals surface area contributed by atoms with Crippen molar-refractivity contribution in [1.29, 1.82) is 0 Å². The fourth-order valence-corrected chi connectivity index (χ4v) is 6.70. The normalized spacial score (nSPS) is 39.4. The summed E-state index contributed by atoms with van der Waals surface area (Å²) >= 11 is 0. The summed E-state index contributed by atoms with van der Waals surface area (Å²) in [7, 11) is 0. The maximum absolute atomic E-state index is 4.20. The molecule has 1 unspecified atom stereocenters. The third-order valence-electron chi connectivity index (χ3n) is 8.25. The summed E-state index contributed by atoms with van der Waals surface area (Å²) in [4.78, 5) is 0. The van der Waals surface area contributed by atoms with Crippen LogP contribution in [0.3, 0.4) is 0 Å². The molecule has 2 aliphatic carbocycles. The van der Waals surface area contributed by atoms with Crippen molar-refractivity contribution in [3.8, 4) is 0 Å². The van der Waals surface area contributed by atoms with Gasteiger partial charge in [-0.15, -0.1) is 0 Å². The highest BCUT2D eigenvalue weighted by Crippen LogP contribution is 2.68. The maximum Gasteiger partial charge on any atom is 0.0675 e. The van der Waals surface area contributed by atoms with Gasteiger partial charge in [0.05, 0.1) is 5.54 Å². The van der Waals surface area contributed by atoms with Gasteiger partial charge in [-0.2, -0.15) is 0 Å². The lowest BCUT2D eigenvalue weighted by Crippen LogP contribution is -2.48. The van der Waals surface area contributed by atoms with Gasteiger partial charge in [-0.3, -0.25) is 5.32 Å². The van der Waals surface area contributed by atoms with Crippen molar-refractivity contribution in [3.05, 3.63) is 70.8 Å². The minimum Gasteiger partial charge on any atom is -0.294 e. The fraction of sp³-hybridized carbons (Fsp3) is 0.520. The molecule has 0 radical (unpaired) electrons. The van der Waals surface area contributed by atoms with Crippen LogP contribution in [0, 0.1) is 11.8 Å². The Morgan fingerprint density at radius 1 is 0.885 bits per heavy atom. The van der Waals surface area contributed by atoms with E-state index in [4.69, 9.17) is 0 Å². The molecule has 26 heavy (non-hydrogen) atoms. The largest absolute Gasteiger partial charge is 0.294 e. The first kappa shape index (κ1) is 15.5. The first-order valence-electron chi connectivity index (χ1n) is 10.6. The molecule has 1 heteroatoms. The van der Waals surface area contributed by atoms with Gasteiger partial charge in [0.1, 0.15) is 0 Å². The second-order valence-electron chi connectivity index (χ2n) is 9.69. The number of nitrogens with one attached hydrogen (secondary N) is 1. The van der Waals surface area contributed by atoms with Gasteiger partial charge in [-0.1, -0.05) is 68.3 Å². The summed E-state index contributed by atoms with van der Waals surface area (Å²) in [6, 6.07) is 18.7. The first-order chi connectivity index (χ1) is 12.6. The lowest BCUT2D eigenvalue weighted by atomic mass is 9.75. The molecule has 2 aliphatic heterocycles. The maximum atomic E-state index is 4.20. The summed E-state index contributed by atoms with van der Waals surface area (Å²) in [6.07, 6.45) is 8.24. The zero-order valence-electron chi connectivity index (χ0n) is 16.0. The van der Waals surface area contributed by atoms with Crippen molar-refractivity contribution in [2.75, 3.05) is 0 Å². The van der Waals surface area contributed by atoms with Crippen molar-refractivity contribution in [2.24, 2.45) is 11.8 Å². The smallest absolute Gasteiger partial charge is 0.0675 e. The molecule has 4 aliphatic rings. The molecule has 0 saturated heterocycles. The Labute approximate surface area is 157 Å². The Hall–Kier alpha value is -1.60. The van der Waals surface area contributed by atoms with E-state index in [2.05, 4.69) is 67.7 Å². The zero-order chi connectivity index (χ0) is 17.6. The Morgan fingerprint density at radius 2 is 1.50 bits per heavy atom. The van der Waals surface area contributed by atoms with Crippen molar-refractivity contribution >= 4 is 0 Å². The molecule has 134 valence electrons. The van der Waals surface area contributed by atoms with E-state index in [1.54, 1.807) is 16.7 Å². The van der Waals surface area contributed by atoms with Crippen LogP contribution in [0.25, 0.3) is 0 Å². The second-order valence-corrected chi connectivity index (χ2v) is 9.69. The lowest BCUT2D eigenvalue weighted by Gasteiger charge is -2.40. The molecule has 0 amide bonds. The van der Waals surface area contributed by atoms with Crippen LogP contribution in [0.2, 0.25) is 0 Å². The summed E-state index contributed by atoms with van der Waals surface area (Å²) in [6.45, 7) is 4.82. The molecule has 2 aromatic carbocycles. The zero-order valence-corrected chi connectivity index (χ0v) is 16.0. The van der Waals surface area contributed by atoms with Crippen LogP contribution < -0.4 is 5.32 Å². The molecule has 2 aromatic rings. The first-order valence-corrected chi connectivity index (χ1v) is 10.6. The van der Waals surface area contributed by atoms with Crippen molar-refractivity contribution in [1.82, 2.24) is 5.32 Å². The fourth-order valence-electron chi connectivity index (χ4n) is 6.70. The quantitative estimate of drug-likeness (QED) is 0.762. The molecule has 2 heterocycles. The van der Waals surface area contributed by atoms with Gasteiger partial charge in [0.25, 0.3) is 0 Å². The van der Waals surface area contributed by atoms with Gasteiger partial charge < -0.3 is 0 Å². The van der Waals surface area contributed by atoms with E-state index in [9.17, 15) is 0 Å². The van der Waals surface area contributed by atoms with E-state index in [-0.39, 0.29) is 11.1 Å². The van der Waals surface area contributed by atoms with E-state index < -0.39 is 0 Å². The van der Waals surface area contributed by atoms with Crippen LogP contribution in [0.1, 0.15) is 74.6 Å². The molecular formula is C25H29N. The van der Waals surface area contributed by atoms with Crippen LogP contribution >= 0.6 is 0 Å². The number of hydrogen-bond acceptors (Lipinski definition) is 1. The van der Waals surface area contributed by atoms with Crippen LogP contribution in [-0.4, -0.2) is 0 Å². The average Bonchev–Trinajstić information content (AvgIpc) is 3.58. The van der Waals surface area contributed by atoms with E-state index >= 15 is 0 Å². The highest BCUT2D eigenvalue weighted by atomic mass is 15.1. The molecule has 6 rings (SSSR count). The van der Waals surface area contributed by atoms with Crippen LogP contribution in [-0.2, 0) is 16.5 Å². The monoisotopic (exact) mass is 343 g/mol. The Bertz CT molecular complexity index is 897. The Morgan fingerprint density at radius 3 is 2.15 bits per heavy atom. The van der Waals surface area contributed by atoms with Crippen LogP contribution in [0.15, 0.2) is 48.5 Å². The average molecular weight is 344 g/mol. The topological polar surface area (TPSA) is 12.0 Å². The number of benzene rings is 2. The molecule has 2 fully saturated rings. The van der Waals surface area contributed by atoms with Crippen molar-refractivity contribution in [2.45, 2.75) is 68.9 Å².